The van der Waals surface area contributed by atoms with Gasteiger partial charge < -0.3 is 29.2 Å². The molecule has 14 aromatic carbocycles. The van der Waals surface area contributed by atoms with Crippen LogP contribution in [0.15, 0.2) is 346 Å². The second-order valence-corrected chi connectivity index (χ2v) is 23.9. The lowest BCUT2D eigenvalue weighted by molar-refractivity contribution is 0.487. The number of ether oxygens (including phenoxy) is 1. The molecule has 14 aromatic rings. The molecule has 0 aliphatic carbocycles. The summed E-state index contributed by atoms with van der Waals surface area (Å²) >= 11 is 0. The highest BCUT2D eigenvalue weighted by molar-refractivity contribution is 7.02. The van der Waals surface area contributed by atoms with E-state index in [1.54, 1.807) is 0 Å². The topological polar surface area (TPSA) is 25.4 Å². The smallest absolute Gasteiger partial charge is 0.256 e. The summed E-state index contributed by atoms with van der Waals surface area (Å²) in [7, 11) is 0. The molecule has 92 heavy (non-hydrogen) atoms. The van der Waals surface area contributed by atoms with Crippen LogP contribution in [0.3, 0.4) is 0 Å². The first-order valence-corrected chi connectivity index (χ1v) is 31.6. The molecule has 6 nitrogen and oxygen atoms in total. The van der Waals surface area contributed by atoms with E-state index in [4.69, 9.17) is 4.74 Å². The Kier molecular flexibility index (Phi) is 12.7. The van der Waals surface area contributed by atoms with Crippen LogP contribution in [-0.2, 0) is 0 Å². The Morgan fingerprint density at radius 2 is 0.652 bits per heavy atom. The number of nitrogens with zero attached hydrogens (tertiary/aromatic N) is 5. The number of fused-ring (bicyclic) bond motifs is 8. The molecule has 0 spiro atoms. The summed E-state index contributed by atoms with van der Waals surface area (Å²) in [5.41, 5.74) is 27.7. The highest BCUT2D eigenvalue weighted by Gasteiger charge is 2.48. The van der Waals surface area contributed by atoms with Crippen molar-refractivity contribution < 1.29 is 4.74 Å². The van der Waals surface area contributed by atoms with Crippen LogP contribution in [0.4, 0.5) is 85.3 Å². The van der Waals surface area contributed by atoms with Gasteiger partial charge >= 0.3 is 0 Å². The largest absolute Gasteiger partial charge is 0.458 e. The molecule has 0 radical (unpaired) electrons. The van der Waals surface area contributed by atoms with E-state index in [0.717, 1.165) is 130 Å². The molecule has 4 aliphatic rings. The average Bonchev–Trinajstić information content (AvgIpc) is 0.677. The van der Waals surface area contributed by atoms with Gasteiger partial charge in [0.1, 0.15) is 11.5 Å². The zero-order chi connectivity index (χ0) is 60.6. The Morgan fingerprint density at radius 3 is 1.26 bits per heavy atom. The highest BCUT2D eigenvalue weighted by Crippen LogP contribution is 2.53. The van der Waals surface area contributed by atoms with Crippen molar-refractivity contribution in [3.63, 3.8) is 0 Å². The average molecular weight is 1170 g/mol. The van der Waals surface area contributed by atoms with Gasteiger partial charge in [-0.1, -0.05) is 231 Å². The van der Waals surface area contributed by atoms with E-state index in [2.05, 4.69) is 370 Å². The summed E-state index contributed by atoms with van der Waals surface area (Å²) in [6.45, 7) is -0.403. The number of anilines is 15. The maximum Gasteiger partial charge on any atom is 0.256 e. The Labute approximate surface area is 537 Å². The van der Waals surface area contributed by atoms with E-state index in [9.17, 15) is 0 Å². The van der Waals surface area contributed by atoms with Gasteiger partial charge in [0.05, 0.1) is 22.7 Å². The molecular formula is C84H57B2N5O. The maximum absolute atomic E-state index is 7.38. The first-order chi connectivity index (χ1) is 45.7. The Balaban J connectivity index is 0.959. The standard InChI is InChI=1S/C84H57B2N5O/c1-8-30-58(31-9-1)67-44-22-26-48-73(67)88(62-38-16-5-17-39-62)66-54-80-84-82(55-66)92-81-51-29-25-47-70(81)86(84)71-56-72-77(57-76(71)90(80)64-42-20-7-21-43-64)91(74-49-27-23-45-68(74)59-32-10-2-11-33-59)79-53-65(87(60-34-12-3-13-35-60)61-36-14-4-15-37-61)52-78-83(79)85(72)69-46-24-28-50-75(69)89(78)63-40-18-6-19-41-63/h1-57H. The van der Waals surface area contributed by atoms with Crippen LogP contribution in [0.2, 0.25) is 0 Å². The van der Waals surface area contributed by atoms with E-state index in [1.165, 1.54) is 21.9 Å². The molecule has 4 aliphatic heterocycles. The molecule has 0 amide bonds. The fourth-order valence-corrected chi connectivity index (χ4v) is 15.0. The second kappa shape index (κ2) is 21.9. The van der Waals surface area contributed by atoms with Gasteiger partial charge in [-0.2, -0.15) is 0 Å². The summed E-state index contributed by atoms with van der Waals surface area (Å²) in [6, 6.07) is 126. The minimum atomic E-state index is -0.209. The molecule has 0 fully saturated rings. The van der Waals surface area contributed by atoms with Crippen molar-refractivity contribution in [2.75, 3.05) is 24.5 Å². The Bertz CT molecular complexity index is 5080. The monoisotopic (exact) mass is 1170 g/mol. The van der Waals surface area contributed by atoms with Crippen LogP contribution < -0.4 is 62.0 Å². The van der Waals surface area contributed by atoms with Crippen LogP contribution in [0.1, 0.15) is 0 Å². The lowest BCUT2D eigenvalue weighted by Gasteiger charge is -2.47. The van der Waals surface area contributed by atoms with Crippen molar-refractivity contribution in [1.29, 1.82) is 0 Å². The minimum absolute atomic E-state index is 0.194. The van der Waals surface area contributed by atoms with Crippen molar-refractivity contribution in [3.05, 3.63) is 346 Å². The predicted molar refractivity (Wildman–Crippen MR) is 387 cm³/mol. The van der Waals surface area contributed by atoms with Crippen molar-refractivity contribution in [3.8, 4) is 33.8 Å². The Morgan fingerprint density at radius 1 is 0.239 bits per heavy atom. The van der Waals surface area contributed by atoms with Gasteiger partial charge in [0.2, 0.25) is 0 Å². The van der Waals surface area contributed by atoms with Crippen LogP contribution in [-0.4, -0.2) is 13.4 Å². The predicted octanol–water partition coefficient (Wildman–Crippen LogP) is 18.4. The lowest BCUT2D eigenvalue weighted by atomic mass is 9.30. The third-order valence-corrected chi connectivity index (χ3v) is 18.8. The summed E-state index contributed by atoms with van der Waals surface area (Å²) < 4.78 is 7.38. The quantitative estimate of drug-likeness (QED) is 0.120. The molecule has 0 atom stereocenters. The van der Waals surface area contributed by atoms with Crippen LogP contribution in [0.5, 0.6) is 11.5 Å². The van der Waals surface area contributed by atoms with Crippen molar-refractivity contribution in [2.24, 2.45) is 0 Å². The van der Waals surface area contributed by atoms with Crippen LogP contribution in [0.25, 0.3) is 22.3 Å². The zero-order valence-electron chi connectivity index (χ0n) is 50.2. The van der Waals surface area contributed by atoms with Gasteiger partial charge in [0.15, 0.2) is 0 Å². The maximum atomic E-state index is 7.38. The third kappa shape index (κ3) is 8.59. The number of hydrogen-bond acceptors (Lipinski definition) is 6. The van der Waals surface area contributed by atoms with Crippen molar-refractivity contribution in [1.82, 2.24) is 0 Å². The van der Waals surface area contributed by atoms with Gasteiger partial charge in [-0.25, -0.2) is 0 Å². The first kappa shape index (κ1) is 53.1. The molecule has 0 N–H and O–H groups in total. The van der Waals surface area contributed by atoms with E-state index in [-0.39, 0.29) is 13.4 Å². The van der Waals surface area contributed by atoms with Crippen LogP contribution >= 0.6 is 0 Å². The van der Waals surface area contributed by atoms with Gasteiger partial charge in [-0.05, 0) is 153 Å². The molecular weight excluding hydrogens is 1120 g/mol. The normalized spacial score (nSPS) is 12.8. The minimum Gasteiger partial charge on any atom is -0.458 e. The molecule has 4 heterocycles. The summed E-state index contributed by atoms with van der Waals surface area (Å²) in [6.07, 6.45) is 0. The van der Waals surface area contributed by atoms with Crippen molar-refractivity contribution >= 4 is 132 Å². The molecule has 0 aromatic heterocycles. The van der Waals surface area contributed by atoms with Gasteiger partial charge in [0, 0.05) is 79.8 Å². The number of rotatable bonds is 11. The zero-order valence-corrected chi connectivity index (χ0v) is 50.2. The molecule has 18 rings (SSSR count). The van der Waals surface area contributed by atoms with Gasteiger partial charge in [0.25, 0.3) is 13.4 Å². The van der Waals surface area contributed by atoms with E-state index < -0.39 is 0 Å². The first-order valence-electron chi connectivity index (χ1n) is 31.6. The van der Waals surface area contributed by atoms with E-state index >= 15 is 0 Å². The number of para-hydroxylation sites is 9. The second-order valence-electron chi connectivity index (χ2n) is 23.9. The fourth-order valence-electron chi connectivity index (χ4n) is 15.0. The molecule has 0 unspecified atom stereocenters. The van der Waals surface area contributed by atoms with Gasteiger partial charge in [-0.15, -0.1) is 0 Å². The molecule has 8 heteroatoms. The van der Waals surface area contributed by atoms with Crippen molar-refractivity contribution in [2.45, 2.75) is 0 Å². The van der Waals surface area contributed by atoms with Gasteiger partial charge in [-0.3, -0.25) is 0 Å². The third-order valence-electron chi connectivity index (χ3n) is 18.8. The summed E-state index contributed by atoms with van der Waals surface area (Å²) in [4.78, 5) is 12.5. The molecule has 0 saturated carbocycles. The summed E-state index contributed by atoms with van der Waals surface area (Å²) in [5.74, 6) is 1.67. The summed E-state index contributed by atoms with van der Waals surface area (Å²) in [5, 5.41) is 0. The molecule has 0 saturated heterocycles. The Hall–Kier alpha value is -12.0. The molecule has 430 valence electrons. The van der Waals surface area contributed by atoms with E-state index in [0.29, 0.717) is 0 Å². The van der Waals surface area contributed by atoms with E-state index in [1.807, 2.05) is 0 Å². The number of benzene rings is 14. The number of hydrogen-bond donors (Lipinski definition) is 0. The molecule has 0 bridgehead atoms. The SMILES string of the molecule is c1ccc(-c2ccccc2N(c2ccccc2)c2cc3c4c(c2)N(c2ccccc2)c2cc5c(cc2B4c2ccccc2O3)B2c3ccccc3N(c3ccccc3)c3cc(N(c4ccccc4)c4ccccc4)cc(c32)N5c2ccccc2-c2ccccc2)cc1. The highest BCUT2D eigenvalue weighted by atomic mass is 16.5. The van der Waals surface area contributed by atoms with Crippen LogP contribution in [0, 0.1) is 0 Å². The fraction of sp³-hybridized carbons (Fsp3) is 0. The lowest BCUT2D eigenvalue weighted by Crippen LogP contribution is -2.64.